The van der Waals surface area contributed by atoms with Crippen LogP contribution in [0.25, 0.3) is 0 Å². The first-order valence-corrected chi connectivity index (χ1v) is 7.22. The van der Waals surface area contributed by atoms with Crippen LogP contribution in [-0.4, -0.2) is 18.0 Å². The van der Waals surface area contributed by atoms with Crippen molar-refractivity contribution in [2.45, 2.75) is 31.2 Å². The monoisotopic (exact) mass is 366 g/mol. The number of rotatable bonds is 3. The largest absolute Gasteiger partial charge is 0.345 e. The lowest BCUT2D eigenvalue weighted by molar-refractivity contribution is 0.0903. The van der Waals surface area contributed by atoms with Gasteiger partial charge >= 0.3 is 0 Å². The van der Waals surface area contributed by atoms with Crippen molar-refractivity contribution in [1.29, 1.82) is 0 Å². The van der Waals surface area contributed by atoms with E-state index in [0.29, 0.717) is 17.1 Å². The Morgan fingerprint density at radius 3 is 2.63 bits per heavy atom. The molecule has 3 N–H and O–H groups in total. The molecule has 1 fully saturated rings. The van der Waals surface area contributed by atoms with Gasteiger partial charge in [0.2, 0.25) is 0 Å². The predicted molar refractivity (Wildman–Crippen MR) is 84.1 cm³/mol. The van der Waals surface area contributed by atoms with Gasteiger partial charge in [0.05, 0.1) is 16.1 Å². The third-order valence-corrected chi connectivity index (χ3v) is 4.82. The number of carbonyl (C=O) groups is 1. The van der Waals surface area contributed by atoms with Crippen LogP contribution in [0.5, 0.6) is 0 Å². The first kappa shape index (κ1) is 16.8. The Morgan fingerprint density at radius 2 is 2.05 bits per heavy atom. The summed E-state index contributed by atoms with van der Waals surface area (Å²) in [4.78, 5) is 12.3. The van der Waals surface area contributed by atoms with Crippen LogP contribution in [0.4, 0.5) is 0 Å². The average molecular weight is 368 g/mol. The lowest BCUT2D eigenvalue weighted by Gasteiger charge is -2.28. The fraction of sp³-hybridized carbons (Fsp3) is 0.462. The second kappa shape index (κ2) is 6.93. The van der Waals surface area contributed by atoms with E-state index >= 15 is 0 Å². The van der Waals surface area contributed by atoms with E-state index in [4.69, 9.17) is 17.3 Å². The molecule has 1 aliphatic carbocycles. The van der Waals surface area contributed by atoms with Crippen molar-refractivity contribution >= 4 is 45.8 Å². The zero-order valence-electron chi connectivity index (χ0n) is 10.4. The fourth-order valence-electron chi connectivity index (χ4n) is 2.42. The maximum Gasteiger partial charge on any atom is 0.253 e. The highest BCUT2D eigenvalue weighted by Crippen LogP contribution is 2.30. The van der Waals surface area contributed by atoms with E-state index in [2.05, 4.69) is 21.2 Å². The third kappa shape index (κ3) is 3.63. The quantitative estimate of drug-likeness (QED) is 0.858. The summed E-state index contributed by atoms with van der Waals surface area (Å²) in [6.45, 7) is 0.477. The molecular weight excluding hydrogens is 351 g/mol. The smallest absolute Gasteiger partial charge is 0.253 e. The van der Waals surface area contributed by atoms with Gasteiger partial charge in [0.25, 0.3) is 5.91 Å². The number of halogens is 3. The Balaban J connectivity index is 0.00000180. The van der Waals surface area contributed by atoms with Gasteiger partial charge in [0.1, 0.15) is 0 Å². The molecule has 6 heteroatoms. The van der Waals surface area contributed by atoms with E-state index < -0.39 is 0 Å². The van der Waals surface area contributed by atoms with Crippen LogP contribution in [0.1, 0.15) is 36.0 Å². The molecule has 1 saturated carbocycles. The van der Waals surface area contributed by atoms with Crippen molar-refractivity contribution in [2.75, 3.05) is 6.54 Å². The molecule has 0 unspecified atom stereocenters. The van der Waals surface area contributed by atoms with Crippen molar-refractivity contribution in [2.24, 2.45) is 5.73 Å². The lowest BCUT2D eigenvalue weighted by Crippen LogP contribution is -2.51. The molecule has 1 aromatic carbocycles. The van der Waals surface area contributed by atoms with Gasteiger partial charge in [0.15, 0.2) is 0 Å². The zero-order valence-corrected chi connectivity index (χ0v) is 13.6. The van der Waals surface area contributed by atoms with Crippen molar-refractivity contribution < 1.29 is 4.79 Å². The van der Waals surface area contributed by atoms with Gasteiger partial charge < -0.3 is 11.1 Å². The number of hydrogen-bond donors (Lipinski definition) is 2. The van der Waals surface area contributed by atoms with Crippen LogP contribution < -0.4 is 11.1 Å². The van der Waals surface area contributed by atoms with Crippen LogP contribution in [-0.2, 0) is 0 Å². The highest BCUT2D eigenvalue weighted by molar-refractivity contribution is 9.10. The van der Waals surface area contributed by atoms with E-state index in [1.165, 1.54) is 0 Å². The average Bonchev–Trinajstić information content (AvgIpc) is 2.81. The fourth-order valence-corrected chi connectivity index (χ4v) is 3.00. The summed E-state index contributed by atoms with van der Waals surface area (Å²) < 4.78 is 0.727. The van der Waals surface area contributed by atoms with Crippen LogP contribution in [0, 0.1) is 0 Å². The molecule has 0 spiro atoms. The van der Waals surface area contributed by atoms with E-state index in [9.17, 15) is 4.79 Å². The summed E-state index contributed by atoms with van der Waals surface area (Å²) in [6.07, 6.45) is 4.12. The van der Waals surface area contributed by atoms with E-state index in [0.717, 1.165) is 30.2 Å². The minimum absolute atomic E-state index is 0. The molecule has 1 aliphatic rings. The van der Waals surface area contributed by atoms with Crippen molar-refractivity contribution in [3.63, 3.8) is 0 Å². The first-order valence-electron chi connectivity index (χ1n) is 6.05. The number of carbonyl (C=O) groups excluding carboxylic acids is 1. The first-order chi connectivity index (χ1) is 8.58. The molecule has 106 valence electrons. The van der Waals surface area contributed by atoms with E-state index in [-0.39, 0.29) is 23.9 Å². The Hall–Kier alpha value is -0.290. The Labute approximate surface area is 132 Å². The highest BCUT2D eigenvalue weighted by atomic mass is 79.9. The topological polar surface area (TPSA) is 55.1 Å². The number of nitrogens with one attached hydrogen (secondary N) is 1. The molecule has 1 amide bonds. The second-order valence-corrected chi connectivity index (χ2v) is 5.98. The number of nitrogens with two attached hydrogens (primary N) is 1. The summed E-state index contributed by atoms with van der Waals surface area (Å²) in [5, 5.41) is 3.50. The van der Waals surface area contributed by atoms with Gasteiger partial charge in [-0.3, -0.25) is 4.79 Å². The summed E-state index contributed by atoms with van der Waals surface area (Å²) in [5.41, 5.74) is 6.05. The normalized spacial score (nSPS) is 16.8. The second-order valence-electron chi connectivity index (χ2n) is 4.75. The highest BCUT2D eigenvalue weighted by Gasteiger charge is 2.34. The van der Waals surface area contributed by atoms with Gasteiger partial charge in [-0.05, 0) is 40.9 Å². The van der Waals surface area contributed by atoms with Crippen LogP contribution in [0.3, 0.4) is 0 Å². The molecule has 1 aromatic rings. The van der Waals surface area contributed by atoms with E-state index in [1.54, 1.807) is 12.1 Å². The molecule has 3 nitrogen and oxygen atoms in total. The maximum atomic E-state index is 12.3. The number of hydrogen-bond acceptors (Lipinski definition) is 2. The van der Waals surface area contributed by atoms with E-state index in [1.807, 2.05) is 6.07 Å². The lowest BCUT2D eigenvalue weighted by atomic mass is 9.97. The Bertz CT molecular complexity index is 462. The van der Waals surface area contributed by atoms with Crippen LogP contribution in [0.15, 0.2) is 22.7 Å². The molecule has 2 rings (SSSR count). The Kier molecular flexibility index (Phi) is 6.12. The van der Waals surface area contributed by atoms with Crippen molar-refractivity contribution in [3.8, 4) is 0 Å². The van der Waals surface area contributed by atoms with Crippen LogP contribution >= 0.6 is 39.9 Å². The predicted octanol–water partition coefficient (Wildman–Crippen LogP) is 3.53. The Morgan fingerprint density at radius 1 is 1.42 bits per heavy atom. The molecule has 0 heterocycles. The third-order valence-electron chi connectivity index (χ3n) is 3.53. The molecule has 0 aromatic heterocycles. The minimum atomic E-state index is -0.247. The molecule has 0 aliphatic heterocycles. The zero-order chi connectivity index (χ0) is 13.2. The molecule has 0 saturated heterocycles. The molecule has 0 radical (unpaired) electrons. The molecule has 0 atom stereocenters. The van der Waals surface area contributed by atoms with Crippen molar-refractivity contribution in [1.82, 2.24) is 5.32 Å². The van der Waals surface area contributed by atoms with Gasteiger partial charge in [-0.2, -0.15) is 0 Å². The molecular formula is C13H17BrCl2N2O. The maximum absolute atomic E-state index is 12.3. The van der Waals surface area contributed by atoms with Crippen molar-refractivity contribution in [3.05, 3.63) is 33.3 Å². The summed E-state index contributed by atoms with van der Waals surface area (Å²) in [5.74, 6) is -0.145. The van der Waals surface area contributed by atoms with Crippen LogP contribution in [0.2, 0.25) is 5.02 Å². The van der Waals surface area contributed by atoms with Gasteiger partial charge in [0, 0.05) is 11.0 Å². The van der Waals surface area contributed by atoms with Gasteiger partial charge in [-0.15, -0.1) is 12.4 Å². The number of amides is 1. The summed E-state index contributed by atoms with van der Waals surface area (Å²) >= 11 is 9.44. The summed E-state index contributed by atoms with van der Waals surface area (Å²) in [6, 6.07) is 5.34. The summed E-state index contributed by atoms with van der Waals surface area (Å²) in [7, 11) is 0. The number of benzene rings is 1. The molecule has 0 bridgehead atoms. The van der Waals surface area contributed by atoms with Gasteiger partial charge in [-0.25, -0.2) is 0 Å². The molecule has 19 heavy (non-hydrogen) atoms. The SMILES string of the molecule is Cl.NCC1(NC(=O)c2cccc(Br)c2Cl)CCCC1. The standard InChI is InChI=1S/C13H16BrClN2O.ClH/c14-10-5-3-4-9(11(10)15)12(18)17-13(8-16)6-1-2-7-13;/h3-5H,1-2,6-8,16H2,(H,17,18);1H. The minimum Gasteiger partial charge on any atom is -0.345 e. The van der Waals surface area contributed by atoms with Gasteiger partial charge in [-0.1, -0.05) is 30.5 Å².